The third-order valence-electron chi connectivity index (χ3n) is 3.24. The van der Waals surface area contributed by atoms with Gasteiger partial charge < -0.3 is 9.94 Å². The van der Waals surface area contributed by atoms with Crippen LogP contribution in [0.15, 0.2) is 16.1 Å². The van der Waals surface area contributed by atoms with Crippen LogP contribution in [0.4, 0.5) is 0 Å². The lowest BCUT2D eigenvalue weighted by atomic mass is 9.98. The zero-order chi connectivity index (χ0) is 14.1. The van der Waals surface area contributed by atoms with Crippen LogP contribution in [0, 0.1) is 5.92 Å². The lowest BCUT2D eigenvalue weighted by Gasteiger charge is -2.07. The van der Waals surface area contributed by atoms with E-state index in [1.807, 2.05) is 0 Å². The van der Waals surface area contributed by atoms with E-state index in [1.165, 1.54) is 13.5 Å². The molecule has 108 valence electrons. The maximum atomic E-state index is 11.0. The zero-order valence-electron chi connectivity index (χ0n) is 11.7. The second-order valence-corrected chi connectivity index (χ2v) is 5.73. The van der Waals surface area contributed by atoms with Crippen LogP contribution < -0.4 is 0 Å². The van der Waals surface area contributed by atoms with Gasteiger partial charge in [-0.25, -0.2) is 0 Å². The fourth-order valence-corrected chi connectivity index (χ4v) is 3.39. The highest BCUT2D eigenvalue weighted by molar-refractivity contribution is 8.04. The Kier molecular flexibility index (Phi) is 7.63. The highest BCUT2D eigenvalue weighted by atomic mass is 32.2. The number of nitrogens with zero attached hydrogens (tertiary/aromatic N) is 1. The number of oxime groups is 1. The molecule has 0 aromatic rings. The van der Waals surface area contributed by atoms with E-state index in [4.69, 9.17) is 5.21 Å². The van der Waals surface area contributed by atoms with E-state index in [0.717, 1.165) is 42.1 Å². The van der Waals surface area contributed by atoms with Crippen molar-refractivity contribution in [3.63, 3.8) is 0 Å². The average molecular weight is 285 g/mol. The number of carbonyl (C=O) groups is 1. The van der Waals surface area contributed by atoms with E-state index in [9.17, 15) is 4.79 Å². The fourth-order valence-electron chi connectivity index (χ4n) is 2.09. The van der Waals surface area contributed by atoms with E-state index in [1.54, 1.807) is 11.8 Å². The van der Waals surface area contributed by atoms with Gasteiger partial charge in [0.1, 0.15) is 0 Å². The lowest BCUT2D eigenvalue weighted by Crippen LogP contribution is -2.10. The number of unbranched alkanes of at least 4 members (excludes halogenated alkanes) is 2. The molecule has 1 rings (SSSR count). The smallest absolute Gasteiger partial charge is 0.305 e. The van der Waals surface area contributed by atoms with Gasteiger partial charge in [0.05, 0.1) is 12.8 Å². The standard InChI is InChI=1S/C14H23NO3S/c1-3-4-7-11-10-19-12(14(11)15-17)8-5-6-9-13(16)18-2/h8,11,17H,3-7,9-10H2,1-2H3/b12-8+,15-14-. The van der Waals surface area contributed by atoms with Crippen molar-refractivity contribution in [3.8, 4) is 0 Å². The molecule has 19 heavy (non-hydrogen) atoms. The fraction of sp³-hybridized carbons (Fsp3) is 0.714. The molecule has 0 aliphatic carbocycles. The van der Waals surface area contributed by atoms with Crippen LogP contribution in [0.25, 0.3) is 0 Å². The largest absolute Gasteiger partial charge is 0.469 e. The number of ether oxygens (including phenoxy) is 1. The summed E-state index contributed by atoms with van der Waals surface area (Å²) in [6.07, 6.45) is 7.52. The monoisotopic (exact) mass is 285 g/mol. The van der Waals surface area contributed by atoms with Gasteiger partial charge in [-0.1, -0.05) is 31.0 Å². The quantitative estimate of drug-likeness (QED) is 0.336. The minimum Gasteiger partial charge on any atom is -0.469 e. The van der Waals surface area contributed by atoms with Crippen molar-refractivity contribution >= 4 is 23.4 Å². The predicted molar refractivity (Wildman–Crippen MR) is 78.6 cm³/mol. The number of carbonyl (C=O) groups excluding carboxylic acids is 1. The van der Waals surface area contributed by atoms with Crippen molar-refractivity contribution in [2.45, 2.75) is 45.4 Å². The molecule has 0 aromatic carbocycles. The third kappa shape index (κ3) is 5.27. The molecule has 4 nitrogen and oxygen atoms in total. The van der Waals surface area contributed by atoms with Gasteiger partial charge in [0, 0.05) is 23.0 Å². The summed E-state index contributed by atoms with van der Waals surface area (Å²) in [5.41, 5.74) is 0.830. The van der Waals surface area contributed by atoms with E-state index >= 15 is 0 Å². The maximum absolute atomic E-state index is 11.0. The normalized spacial score (nSPS) is 23.2. The van der Waals surface area contributed by atoms with E-state index in [2.05, 4.69) is 22.9 Å². The molecule has 0 radical (unpaired) electrons. The van der Waals surface area contributed by atoms with Gasteiger partial charge in [-0.2, -0.15) is 0 Å². The molecule has 1 unspecified atom stereocenters. The predicted octanol–water partition coefficient (Wildman–Crippen LogP) is 3.60. The van der Waals surface area contributed by atoms with E-state index < -0.39 is 0 Å². The summed E-state index contributed by atoms with van der Waals surface area (Å²) in [4.78, 5) is 12.1. The average Bonchev–Trinajstić information content (AvgIpc) is 2.82. The van der Waals surface area contributed by atoms with Gasteiger partial charge in [-0.05, 0) is 19.3 Å². The van der Waals surface area contributed by atoms with Gasteiger partial charge in [0.25, 0.3) is 0 Å². The first kappa shape index (κ1) is 16.1. The van der Waals surface area contributed by atoms with Crippen molar-refractivity contribution in [1.82, 2.24) is 0 Å². The summed E-state index contributed by atoms with van der Waals surface area (Å²) in [7, 11) is 1.41. The van der Waals surface area contributed by atoms with Crippen LogP contribution >= 0.6 is 11.8 Å². The Labute approximate surface area is 119 Å². The molecule has 1 atom stereocenters. The van der Waals surface area contributed by atoms with Gasteiger partial charge >= 0.3 is 5.97 Å². The molecule has 1 aliphatic rings. The molecule has 1 fully saturated rings. The molecule has 0 aromatic heterocycles. The number of allylic oxidation sites excluding steroid dienone is 2. The Hall–Kier alpha value is -0.970. The molecule has 1 heterocycles. The molecule has 5 heteroatoms. The first-order chi connectivity index (χ1) is 9.22. The van der Waals surface area contributed by atoms with E-state index in [0.29, 0.717) is 12.3 Å². The first-order valence-electron chi connectivity index (χ1n) is 6.85. The summed E-state index contributed by atoms with van der Waals surface area (Å²) in [6.45, 7) is 2.17. The highest BCUT2D eigenvalue weighted by Gasteiger charge is 2.27. The molecule has 1 N–H and O–H groups in total. The minimum atomic E-state index is -0.172. The van der Waals surface area contributed by atoms with Crippen LogP contribution in [0.5, 0.6) is 0 Å². The van der Waals surface area contributed by atoms with Crippen LogP contribution in [0.1, 0.15) is 45.4 Å². The molecule has 0 amide bonds. The Bertz CT molecular complexity index is 353. The number of hydrogen-bond acceptors (Lipinski definition) is 5. The van der Waals surface area contributed by atoms with Crippen LogP contribution in [0.3, 0.4) is 0 Å². The molecule has 0 bridgehead atoms. The molecule has 1 aliphatic heterocycles. The Morgan fingerprint density at radius 3 is 3.00 bits per heavy atom. The van der Waals surface area contributed by atoms with Gasteiger partial charge in [-0.15, -0.1) is 11.8 Å². The topological polar surface area (TPSA) is 58.9 Å². The summed E-state index contributed by atoms with van der Waals surface area (Å²) in [6, 6.07) is 0. The Balaban J connectivity index is 2.43. The summed E-state index contributed by atoms with van der Waals surface area (Å²) in [5, 5.41) is 12.6. The van der Waals surface area contributed by atoms with E-state index in [-0.39, 0.29) is 5.97 Å². The van der Waals surface area contributed by atoms with Crippen LogP contribution in [0.2, 0.25) is 0 Å². The van der Waals surface area contributed by atoms with Gasteiger partial charge in [0.2, 0.25) is 0 Å². The maximum Gasteiger partial charge on any atom is 0.305 e. The van der Waals surface area contributed by atoms with Crippen LogP contribution in [-0.2, 0) is 9.53 Å². The molecule has 0 spiro atoms. The summed E-state index contributed by atoms with van der Waals surface area (Å²) >= 11 is 1.75. The number of hydrogen-bond donors (Lipinski definition) is 1. The van der Waals surface area contributed by atoms with Gasteiger partial charge in [-0.3, -0.25) is 4.79 Å². The van der Waals surface area contributed by atoms with Crippen molar-refractivity contribution < 1.29 is 14.7 Å². The summed E-state index contributed by atoms with van der Waals surface area (Å²) in [5.74, 6) is 1.21. The minimum absolute atomic E-state index is 0.172. The SMILES string of the molecule is CCCCC1CSC(=C/CCCC(=O)OC)/C1=N\O. The number of thioether (sulfide) groups is 1. The van der Waals surface area contributed by atoms with Crippen molar-refractivity contribution in [2.24, 2.45) is 11.1 Å². The highest BCUT2D eigenvalue weighted by Crippen LogP contribution is 2.35. The zero-order valence-corrected chi connectivity index (χ0v) is 12.5. The first-order valence-corrected chi connectivity index (χ1v) is 7.83. The summed E-state index contributed by atoms with van der Waals surface area (Å²) < 4.78 is 4.60. The number of esters is 1. The molecular weight excluding hydrogens is 262 g/mol. The van der Waals surface area contributed by atoms with Crippen molar-refractivity contribution in [1.29, 1.82) is 0 Å². The second-order valence-electron chi connectivity index (χ2n) is 4.67. The van der Waals surface area contributed by atoms with Gasteiger partial charge in [0.15, 0.2) is 0 Å². The Morgan fingerprint density at radius 2 is 2.37 bits per heavy atom. The number of methoxy groups -OCH3 is 1. The number of rotatable bonds is 7. The Morgan fingerprint density at radius 1 is 1.58 bits per heavy atom. The molecule has 0 saturated carbocycles. The van der Waals surface area contributed by atoms with Crippen molar-refractivity contribution in [2.75, 3.05) is 12.9 Å². The second kappa shape index (κ2) is 9.02. The molecular formula is C14H23NO3S. The van der Waals surface area contributed by atoms with Crippen molar-refractivity contribution in [3.05, 3.63) is 11.0 Å². The lowest BCUT2D eigenvalue weighted by molar-refractivity contribution is -0.140. The third-order valence-corrected chi connectivity index (χ3v) is 4.49. The van der Waals surface area contributed by atoms with Crippen LogP contribution in [-0.4, -0.2) is 29.8 Å². The molecule has 1 saturated heterocycles.